The molecule has 24 heteroatoms. The van der Waals surface area contributed by atoms with Gasteiger partial charge in [0, 0.05) is 0 Å². The van der Waals surface area contributed by atoms with Crippen LogP contribution in [-0.2, 0) is 68.0 Å². The van der Waals surface area contributed by atoms with E-state index >= 15 is 0 Å². The van der Waals surface area contributed by atoms with Crippen molar-refractivity contribution >= 4 is 87.9 Å². The summed E-state index contributed by atoms with van der Waals surface area (Å²) < 4.78 is 78.5. The topological polar surface area (TPSA) is 294 Å². The van der Waals surface area contributed by atoms with Gasteiger partial charge >= 0.3 is 83.0 Å². The molecule has 2 unspecified atom stereocenters. The van der Waals surface area contributed by atoms with Crippen LogP contribution in [0.3, 0.4) is 0 Å². The van der Waals surface area contributed by atoms with Crippen molar-refractivity contribution in [3.63, 3.8) is 0 Å². The number of hydrogen-bond donors (Lipinski definition) is 2. The molecular weight excluding hydrogens is 894 g/mol. The van der Waals surface area contributed by atoms with Crippen molar-refractivity contribution in [3.05, 3.63) is 0 Å². The summed E-state index contributed by atoms with van der Waals surface area (Å²) in [5.74, 6) is -6.97. The fraction of sp³-hybridized carbons (Fsp3) is 0.786. The van der Waals surface area contributed by atoms with E-state index in [-0.39, 0.29) is 97.5 Å². The Balaban J connectivity index is -0.000000427. The number of carboxylic acid groups (broad SMARTS) is 2. The molecule has 0 saturated heterocycles. The Morgan fingerprint density at radius 2 is 0.769 bits per heavy atom. The van der Waals surface area contributed by atoms with E-state index in [4.69, 9.17) is 28.1 Å². The molecule has 0 radical (unpaired) electrons. The van der Waals surface area contributed by atoms with Gasteiger partial charge in [-0.2, -0.15) is 16.8 Å². The van der Waals surface area contributed by atoms with E-state index in [1.807, 2.05) is 0 Å². The van der Waals surface area contributed by atoms with E-state index in [0.717, 1.165) is 12.8 Å². The van der Waals surface area contributed by atoms with Crippen molar-refractivity contribution in [3.8, 4) is 0 Å². The van der Waals surface area contributed by atoms with E-state index in [2.05, 4.69) is 31.9 Å². The van der Waals surface area contributed by atoms with E-state index in [0.29, 0.717) is 38.5 Å². The van der Waals surface area contributed by atoms with Crippen molar-refractivity contribution in [2.75, 3.05) is 26.4 Å². The smallest absolute Gasteiger partial charge is 0.549 e. The number of aliphatic carboxylic acids is 2. The van der Waals surface area contributed by atoms with Crippen LogP contribution in [0.5, 0.6) is 0 Å². The summed E-state index contributed by atoms with van der Waals surface area (Å²) in [4.78, 5) is 66.8. The van der Waals surface area contributed by atoms with Gasteiger partial charge in [0.25, 0.3) is 20.2 Å². The maximum Gasteiger partial charge on any atom is 1.00 e. The monoisotopic (exact) mass is 936 g/mol. The maximum absolute atomic E-state index is 11.4. The fourth-order valence-corrected chi connectivity index (χ4v) is 4.61. The zero-order valence-corrected chi connectivity index (χ0v) is 38.9. The Morgan fingerprint density at radius 1 is 0.538 bits per heavy atom. The first kappa shape index (κ1) is 58.3. The predicted molar refractivity (Wildman–Crippen MR) is 177 cm³/mol. The second kappa shape index (κ2) is 28.9. The Labute approximate surface area is 364 Å². The molecule has 0 aromatic carbocycles. The largest absolute Gasteiger partial charge is 1.00 e. The quantitative estimate of drug-likeness (QED) is 0.0228. The number of carbonyl (C=O) groups excluding carboxylic acids is 6. The molecule has 0 amide bonds. The standard InChI is InChI=1S/2C14H23BrO9S.2Na/c2*1-14(2,15)13(19)24-8-6-4-3-5-7-23-11(16)9-10(12(17)18)25(20,21)22;;/h2*10H,3-9H2,1-2H3,(H,17,18)(H,20,21,22);;/q;;2*+1/p-2. The molecule has 0 bridgehead atoms. The molecule has 0 aromatic rings. The summed E-state index contributed by atoms with van der Waals surface area (Å²) >= 11 is 6.36. The minimum absolute atomic E-state index is 0. The number of halogens is 2. The normalized spacial score (nSPS) is 12.6. The van der Waals surface area contributed by atoms with Gasteiger partial charge in [-0.3, -0.25) is 28.3 Å². The van der Waals surface area contributed by atoms with Gasteiger partial charge in [-0.25, -0.2) is 0 Å². The number of carboxylic acids is 2. The Hall–Kier alpha value is -0.400. The molecule has 0 aromatic heterocycles. The second-order valence-corrected chi connectivity index (χ2v) is 18.7. The Bertz CT molecular complexity index is 1240. The minimum atomic E-state index is -4.93. The number of rotatable bonds is 24. The Kier molecular flexibility index (Phi) is 32.4. The van der Waals surface area contributed by atoms with Crippen LogP contribution in [0, 0.1) is 0 Å². The van der Waals surface area contributed by atoms with Crippen LogP contribution < -0.4 is 69.3 Å². The van der Waals surface area contributed by atoms with E-state index in [1.54, 1.807) is 27.7 Å². The molecule has 0 rings (SSSR count). The number of hydrogen-bond acceptors (Lipinski definition) is 16. The number of esters is 4. The van der Waals surface area contributed by atoms with Crippen molar-refractivity contribution in [2.45, 2.75) is 111 Å². The van der Waals surface area contributed by atoms with E-state index < -0.39 is 76.1 Å². The van der Waals surface area contributed by atoms with Crippen LogP contribution in [0.1, 0.15) is 91.9 Å². The van der Waals surface area contributed by atoms with Crippen LogP contribution in [0.25, 0.3) is 0 Å². The molecule has 0 aliphatic rings. The van der Waals surface area contributed by atoms with Crippen LogP contribution in [0.4, 0.5) is 0 Å². The third-order valence-corrected chi connectivity index (χ3v) is 8.79. The summed E-state index contributed by atoms with van der Waals surface area (Å²) in [6.45, 7) is 7.22. The molecule has 0 heterocycles. The molecular formula is C28H44Br2Na2O18S2. The molecule has 292 valence electrons. The third kappa shape index (κ3) is 30.9. The van der Waals surface area contributed by atoms with Crippen molar-refractivity contribution in [1.82, 2.24) is 0 Å². The van der Waals surface area contributed by atoms with Gasteiger partial charge in [0.15, 0.2) is 0 Å². The molecule has 0 aliphatic carbocycles. The van der Waals surface area contributed by atoms with Gasteiger partial charge < -0.3 is 38.7 Å². The fourth-order valence-electron chi connectivity index (χ4n) is 3.20. The summed E-state index contributed by atoms with van der Waals surface area (Å²) in [6, 6.07) is 0. The van der Waals surface area contributed by atoms with Crippen LogP contribution in [-0.4, -0.2) is 107 Å². The zero-order chi connectivity index (χ0) is 39.3. The minimum Gasteiger partial charge on any atom is -0.549 e. The molecule has 2 atom stereocenters. The van der Waals surface area contributed by atoms with Gasteiger partial charge in [-0.05, 0) is 79.1 Å². The average Bonchev–Trinajstić information content (AvgIpc) is 2.94. The van der Waals surface area contributed by atoms with Gasteiger partial charge in [0.1, 0.15) is 19.1 Å². The van der Waals surface area contributed by atoms with Crippen LogP contribution in [0.15, 0.2) is 0 Å². The molecule has 2 N–H and O–H groups in total. The van der Waals surface area contributed by atoms with Gasteiger partial charge in [0.05, 0.1) is 51.2 Å². The van der Waals surface area contributed by atoms with Crippen molar-refractivity contribution < 1.29 is 143 Å². The van der Waals surface area contributed by atoms with Crippen LogP contribution >= 0.6 is 31.9 Å². The van der Waals surface area contributed by atoms with Crippen molar-refractivity contribution in [2.24, 2.45) is 0 Å². The first-order valence-electron chi connectivity index (χ1n) is 15.1. The third-order valence-electron chi connectivity index (χ3n) is 5.99. The molecule has 0 aliphatic heterocycles. The molecule has 0 saturated carbocycles. The second-order valence-electron chi connectivity index (χ2n) is 11.5. The number of alkyl halides is 2. The van der Waals surface area contributed by atoms with Crippen LogP contribution in [0.2, 0.25) is 0 Å². The summed E-state index contributed by atoms with van der Waals surface area (Å²) in [5.41, 5.74) is 0. The Morgan fingerprint density at radius 3 is 0.962 bits per heavy atom. The first-order chi connectivity index (χ1) is 22.7. The summed E-state index contributed by atoms with van der Waals surface area (Å²) in [6.07, 6.45) is 2.99. The molecule has 0 fully saturated rings. The summed E-state index contributed by atoms with van der Waals surface area (Å²) in [5, 5.41) is 16.5. The SMILES string of the molecule is CC(C)(Br)C(=O)OCCCCCCOC(=O)CC(C(=O)[O-])S(=O)(=O)O.CC(C)(Br)C(=O)OCCCCCCOC(=O)CC(C(=O)[O-])S(=O)(=O)O.[Na+].[Na+]. The molecule has 52 heavy (non-hydrogen) atoms. The van der Waals surface area contributed by atoms with Gasteiger partial charge in [-0.1, -0.05) is 31.9 Å². The number of unbranched alkanes of at least 4 members (excludes halogenated alkanes) is 6. The molecule has 0 spiro atoms. The predicted octanol–water partition coefficient (Wildman–Crippen LogP) is -5.59. The first-order valence-corrected chi connectivity index (χ1v) is 19.7. The van der Waals surface area contributed by atoms with Gasteiger partial charge in [0.2, 0.25) is 0 Å². The number of carbonyl (C=O) groups is 6. The van der Waals surface area contributed by atoms with Crippen molar-refractivity contribution in [1.29, 1.82) is 0 Å². The average molecular weight is 939 g/mol. The molecule has 18 nitrogen and oxygen atoms in total. The summed E-state index contributed by atoms with van der Waals surface area (Å²) in [7, 11) is -9.86. The van der Waals surface area contributed by atoms with E-state index in [1.165, 1.54) is 0 Å². The number of ether oxygens (including phenoxy) is 4. The zero-order valence-electron chi connectivity index (χ0n) is 30.1. The maximum atomic E-state index is 11.4. The van der Waals surface area contributed by atoms with E-state index in [9.17, 15) is 55.8 Å². The van der Waals surface area contributed by atoms with Gasteiger partial charge in [-0.15, -0.1) is 0 Å².